The van der Waals surface area contributed by atoms with Crippen LogP contribution in [0.4, 0.5) is 0 Å². The number of nitrogens with zero attached hydrogens (tertiary/aromatic N) is 2. The summed E-state index contributed by atoms with van der Waals surface area (Å²) in [4.78, 5) is 4.37. The minimum atomic E-state index is 0.805. The normalized spacial score (nSPS) is 11.1. The van der Waals surface area contributed by atoms with E-state index in [1.165, 1.54) is 10.8 Å². The fourth-order valence-electron chi connectivity index (χ4n) is 2.65. The summed E-state index contributed by atoms with van der Waals surface area (Å²) < 4.78 is 7.24. The third kappa shape index (κ3) is 1.86. The molecule has 0 bridgehead atoms. The first-order valence-electron chi connectivity index (χ1n) is 6.79. The number of rotatable bonds is 2. The molecule has 0 saturated carbocycles. The summed E-state index contributed by atoms with van der Waals surface area (Å²) in [5.41, 5.74) is 2.98. The lowest BCUT2D eigenvalue weighted by Gasteiger charge is -2.08. The molecule has 0 atom stereocenters. The van der Waals surface area contributed by atoms with Crippen LogP contribution in [0.2, 0.25) is 0 Å². The molecule has 3 heteroatoms. The van der Waals surface area contributed by atoms with Gasteiger partial charge in [0.1, 0.15) is 5.75 Å². The molecule has 21 heavy (non-hydrogen) atoms. The van der Waals surface area contributed by atoms with Crippen LogP contribution in [0, 0.1) is 6.33 Å². The first kappa shape index (κ1) is 12.0. The van der Waals surface area contributed by atoms with Crippen LogP contribution in [0.5, 0.6) is 5.75 Å². The van der Waals surface area contributed by atoms with Gasteiger partial charge in [-0.25, -0.2) is 4.98 Å². The Morgan fingerprint density at radius 1 is 1.00 bits per heavy atom. The zero-order valence-corrected chi connectivity index (χ0v) is 11.6. The van der Waals surface area contributed by atoms with E-state index in [-0.39, 0.29) is 0 Å². The second-order valence-corrected chi connectivity index (χ2v) is 4.90. The van der Waals surface area contributed by atoms with Crippen LogP contribution in [0.15, 0.2) is 60.7 Å². The van der Waals surface area contributed by atoms with Gasteiger partial charge in [0.2, 0.25) is 0 Å². The first-order valence-corrected chi connectivity index (χ1v) is 6.79. The first-order chi connectivity index (χ1) is 10.4. The van der Waals surface area contributed by atoms with Crippen molar-refractivity contribution >= 4 is 21.8 Å². The Labute approximate surface area is 122 Å². The summed E-state index contributed by atoms with van der Waals surface area (Å²) in [5.74, 6) is 0.805. The summed E-state index contributed by atoms with van der Waals surface area (Å²) >= 11 is 0. The summed E-state index contributed by atoms with van der Waals surface area (Å²) in [7, 11) is 1.66. The molecule has 0 fully saturated rings. The standard InChI is InChI=1S/C18H13N2O/c1-21-14-9-10-18-16(11-14)19-12-20(18)17-8-4-6-13-5-2-3-7-15(13)17/h2-11H,1H3. The maximum Gasteiger partial charge on any atom is 0.182 e. The molecule has 4 rings (SSSR count). The van der Waals surface area contributed by atoms with E-state index in [4.69, 9.17) is 4.74 Å². The molecule has 0 N–H and O–H groups in total. The van der Waals surface area contributed by atoms with E-state index >= 15 is 0 Å². The molecule has 0 aliphatic rings. The third-order valence-electron chi connectivity index (χ3n) is 3.70. The molecule has 0 aliphatic heterocycles. The molecule has 101 valence electrons. The van der Waals surface area contributed by atoms with E-state index in [0.29, 0.717) is 0 Å². The predicted molar refractivity (Wildman–Crippen MR) is 84.0 cm³/mol. The van der Waals surface area contributed by atoms with Gasteiger partial charge in [-0.3, -0.25) is 4.57 Å². The van der Waals surface area contributed by atoms with Gasteiger partial charge < -0.3 is 4.74 Å². The van der Waals surface area contributed by atoms with E-state index < -0.39 is 0 Å². The monoisotopic (exact) mass is 273 g/mol. The molecule has 1 heterocycles. The van der Waals surface area contributed by atoms with Gasteiger partial charge in [-0.15, -0.1) is 0 Å². The van der Waals surface area contributed by atoms with Gasteiger partial charge in [0.05, 0.1) is 23.8 Å². The average molecular weight is 273 g/mol. The minimum absolute atomic E-state index is 0.805. The summed E-state index contributed by atoms with van der Waals surface area (Å²) in [6.45, 7) is 0. The molecule has 0 spiro atoms. The fourth-order valence-corrected chi connectivity index (χ4v) is 2.65. The van der Waals surface area contributed by atoms with Crippen molar-refractivity contribution in [3.8, 4) is 11.4 Å². The number of aromatic nitrogens is 2. The van der Waals surface area contributed by atoms with Gasteiger partial charge in [0.15, 0.2) is 6.33 Å². The van der Waals surface area contributed by atoms with Gasteiger partial charge in [-0.1, -0.05) is 36.4 Å². The molecule has 0 amide bonds. The number of hydrogen-bond donors (Lipinski definition) is 0. The van der Waals surface area contributed by atoms with Crippen LogP contribution in [0.25, 0.3) is 27.5 Å². The van der Waals surface area contributed by atoms with Crippen LogP contribution >= 0.6 is 0 Å². The third-order valence-corrected chi connectivity index (χ3v) is 3.70. The zero-order valence-electron chi connectivity index (χ0n) is 11.6. The lowest BCUT2D eigenvalue weighted by atomic mass is 10.1. The average Bonchev–Trinajstić information content (AvgIpc) is 2.97. The van der Waals surface area contributed by atoms with Gasteiger partial charge in [0, 0.05) is 11.5 Å². The Balaban J connectivity index is 2.01. The zero-order chi connectivity index (χ0) is 14.2. The van der Waals surface area contributed by atoms with E-state index in [9.17, 15) is 0 Å². The SMILES string of the molecule is COc1ccc2c(c1)n[c]n2-c1cccc2ccccc12. The van der Waals surface area contributed by atoms with Gasteiger partial charge in [-0.2, -0.15) is 0 Å². The highest BCUT2D eigenvalue weighted by molar-refractivity contribution is 5.92. The molecular formula is C18H13N2O. The van der Waals surface area contributed by atoms with Crippen molar-refractivity contribution in [2.75, 3.05) is 7.11 Å². The molecular weight excluding hydrogens is 260 g/mol. The molecule has 3 aromatic carbocycles. The van der Waals surface area contributed by atoms with Crippen LogP contribution in [-0.2, 0) is 0 Å². The Kier molecular flexibility index (Phi) is 2.64. The van der Waals surface area contributed by atoms with Crippen LogP contribution in [-0.4, -0.2) is 16.7 Å². The van der Waals surface area contributed by atoms with E-state index in [0.717, 1.165) is 22.5 Å². The fraction of sp³-hybridized carbons (Fsp3) is 0.0556. The van der Waals surface area contributed by atoms with Crippen molar-refractivity contribution in [1.29, 1.82) is 0 Å². The molecule has 0 saturated heterocycles. The van der Waals surface area contributed by atoms with Gasteiger partial charge in [0.25, 0.3) is 0 Å². The smallest absolute Gasteiger partial charge is 0.182 e. The van der Waals surface area contributed by atoms with E-state index in [1.807, 2.05) is 34.9 Å². The molecule has 3 nitrogen and oxygen atoms in total. The highest BCUT2D eigenvalue weighted by Gasteiger charge is 2.09. The maximum absolute atomic E-state index is 5.24. The lowest BCUT2D eigenvalue weighted by Crippen LogP contribution is -1.93. The van der Waals surface area contributed by atoms with Crippen molar-refractivity contribution in [1.82, 2.24) is 9.55 Å². The quantitative estimate of drug-likeness (QED) is 0.552. The van der Waals surface area contributed by atoms with Crippen molar-refractivity contribution in [3.63, 3.8) is 0 Å². The second kappa shape index (κ2) is 4.63. The molecule has 1 aromatic heterocycles. The largest absolute Gasteiger partial charge is 0.497 e. The van der Waals surface area contributed by atoms with E-state index in [1.54, 1.807) is 7.11 Å². The lowest BCUT2D eigenvalue weighted by molar-refractivity contribution is 0.415. The molecule has 0 aliphatic carbocycles. The number of ether oxygens (including phenoxy) is 1. The molecule has 4 aromatic rings. The Bertz CT molecular complexity index is 935. The van der Waals surface area contributed by atoms with E-state index in [2.05, 4.69) is 41.6 Å². The Hall–Kier alpha value is -2.81. The predicted octanol–water partition coefficient (Wildman–Crippen LogP) is 3.99. The van der Waals surface area contributed by atoms with Crippen molar-refractivity contribution in [2.24, 2.45) is 0 Å². The number of imidazole rings is 1. The summed E-state index contributed by atoms with van der Waals surface area (Å²) in [6.07, 6.45) is 3.08. The molecule has 1 radical (unpaired) electrons. The van der Waals surface area contributed by atoms with Crippen molar-refractivity contribution in [3.05, 3.63) is 67.0 Å². The van der Waals surface area contributed by atoms with Crippen LogP contribution < -0.4 is 4.74 Å². The Morgan fingerprint density at radius 2 is 1.86 bits per heavy atom. The van der Waals surface area contributed by atoms with Crippen LogP contribution in [0.1, 0.15) is 0 Å². The number of fused-ring (bicyclic) bond motifs is 2. The van der Waals surface area contributed by atoms with Crippen molar-refractivity contribution < 1.29 is 4.74 Å². The Morgan fingerprint density at radius 3 is 2.76 bits per heavy atom. The highest BCUT2D eigenvalue weighted by atomic mass is 16.5. The highest BCUT2D eigenvalue weighted by Crippen LogP contribution is 2.26. The maximum atomic E-state index is 5.24. The van der Waals surface area contributed by atoms with Crippen molar-refractivity contribution in [2.45, 2.75) is 0 Å². The number of hydrogen-bond acceptors (Lipinski definition) is 2. The van der Waals surface area contributed by atoms with Gasteiger partial charge in [-0.05, 0) is 23.6 Å². The number of benzene rings is 3. The van der Waals surface area contributed by atoms with Crippen LogP contribution in [0.3, 0.4) is 0 Å². The second-order valence-electron chi connectivity index (χ2n) is 4.90. The topological polar surface area (TPSA) is 27.1 Å². The van der Waals surface area contributed by atoms with Gasteiger partial charge >= 0.3 is 0 Å². The number of methoxy groups -OCH3 is 1. The molecule has 0 unspecified atom stereocenters. The summed E-state index contributed by atoms with van der Waals surface area (Å²) in [5, 5.41) is 2.39. The summed E-state index contributed by atoms with van der Waals surface area (Å²) in [6, 6.07) is 20.5. The minimum Gasteiger partial charge on any atom is -0.497 e.